The Bertz CT molecular complexity index is 1540. The third kappa shape index (κ3) is 5.59. The van der Waals surface area contributed by atoms with Crippen LogP contribution in [0.3, 0.4) is 0 Å². The van der Waals surface area contributed by atoms with E-state index in [1.807, 2.05) is 0 Å². The molecular formula is C29H28F4N4O3. The van der Waals surface area contributed by atoms with Crippen molar-refractivity contribution in [2.75, 3.05) is 13.2 Å². The lowest BCUT2D eigenvalue weighted by atomic mass is 9.98. The van der Waals surface area contributed by atoms with Crippen molar-refractivity contribution in [3.63, 3.8) is 0 Å². The number of aromatic nitrogens is 3. The van der Waals surface area contributed by atoms with Crippen molar-refractivity contribution in [3.8, 4) is 28.1 Å². The number of ether oxygens (including phenoxy) is 2. The number of alkyl halides is 3. The van der Waals surface area contributed by atoms with E-state index in [4.69, 9.17) is 9.47 Å². The summed E-state index contributed by atoms with van der Waals surface area (Å²) < 4.78 is 67.5. The standard InChI is InChI=1S/C29H28F4N4O3/c1-28(2,3)40-27(38)37-13-5-6-18(37)16-39-23-15-34-12-10-19(23)25-24(26-22(36-25)7-4-11-35-26)20-14-17(29(31,32)33)8-9-21(20)30/h4,7-12,14-15,18,36H,5-6,13,16H2,1-3H3/t18-/m0/s1. The fourth-order valence-corrected chi connectivity index (χ4v) is 4.84. The van der Waals surface area contributed by atoms with Gasteiger partial charge in [0, 0.05) is 35.6 Å². The van der Waals surface area contributed by atoms with Gasteiger partial charge in [-0.05, 0) is 70.0 Å². The molecule has 0 aliphatic carbocycles. The summed E-state index contributed by atoms with van der Waals surface area (Å²) in [6, 6.07) is 7.07. The summed E-state index contributed by atoms with van der Waals surface area (Å²) in [7, 11) is 0. The van der Waals surface area contributed by atoms with Crippen LogP contribution >= 0.6 is 0 Å². The van der Waals surface area contributed by atoms with Crippen LogP contribution in [0.25, 0.3) is 33.4 Å². The van der Waals surface area contributed by atoms with Crippen LogP contribution < -0.4 is 4.74 Å². The van der Waals surface area contributed by atoms with Crippen molar-refractivity contribution in [3.05, 3.63) is 66.4 Å². The number of hydrogen-bond acceptors (Lipinski definition) is 5. The van der Waals surface area contributed by atoms with E-state index in [0.29, 0.717) is 47.1 Å². The number of carbonyl (C=O) groups is 1. The van der Waals surface area contributed by atoms with Gasteiger partial charge in [-0.3, -0.25) is 9.97 Å². The Kier molecular flexibility index (Phi) is 7.16. The average Bonchev–Trinajstić information content (AvgIpc) is 3.51. The van der Waals surface area contributed by atoms with Crippen LogP contribution in [0.15, 0.2) is 55.0 Å². The molecule has 1 aliphatic rings. The number of fused-ring (bicyclic) bond motifs is 1. The first-order valence-electron chi connectivity index (χ1n) is 12.8. The molecular weight excluding hydrogens is 528 g/mol. The molecule has 210 valence electrons. The quantitative estimate of drug-likeness (QED) is 0.263. The van der Waals surface area contributed by atoms with Gasteiger partial charge in [-0.15, -0.1) is 0 Å². The molecule has 1 saturated heterocycles. The van der Waals surface area contributed by atoms with Gasteiger partial charge in [0.05, 0.1) is 34.5 Å². The van der Waals surface area contributed by atoms with Crippen molar-refractivity contribution in [1.82, 2.24) is 19.9 Å². The van der Waals surface area contributed by atoms with E-state index in [2.05, 4.69) is 15.0 Å². The summed E-state index contributed by atoms with van der Waals surface area (Å²) in [4.78, 5) is 26.0. The van der Waals surface area contributed by atoms with Crippen LogP contribution in [-0.4, -0.2) is 50.7 Å². The minimum Gasteiger partial charge on any atom is -0.489 e. The molecule has 0 bridgehead atoms. The highest BCUT2D eigenvalue weighted by Crippen LogP contribution is 2.43. The molecule has 40 heavy (non-hydrogen) atoms. The van der Waals surface area contributed by atoms with Crippen LogP contribution in [0, 0.1) is 5.82 Å². The molecule has 4 heterocycles. The van der Waals surface area contributed by atoms with Crippen LogP contribution in [-0.2, 0) is 10.9 Å². The average molecular weight is 557 g/mol. The van der Waals surface area contributed by atoms with Gasteiger partial charge >= 0.3 is 12.3 Å². The number of halogens is 4. The number of nitrogens with zero attached hydrogens (tertiary/aromatic N) is 3. The Morgan fingerprint density at radius 3 is 2.67 bits per heavy atom. The van der Waals surface area contributed by atoms with Gasteiger partial charge in [0.15, 0.2) is 0 Å². The maximum absolute atomic E-state index is 15.1. The highest BCUT2D eigenvalue weighted by molar-refractivity contribution is 6.02. The largest absolute Gasteiger partial charge is 0.489 e. The van der Waals surface area contributed by atoms with Gasteiger partial charge in [0.2, 0.25) is 0 Å². The molecule has 11 heteroatoms. The fraction of sp³-hybridized carbons (Fsp3) is 0.345. The predicted octanol–water partition coefficient (Wildman–Crippen LogP) is 7.23. The monoisotopic (exact) mass is 556 g/mol. The van der Waals surface area contributed by atoms with E-state index in [9.17, 15) is 18.0 Å². The third-order valence-corrected chi connectivity index (χ3v) is 6.61. The van der Waals surface area contributed by atoms with Gasteiger partial charge in [-0.1, -0.05) is 0 Å². The van der Waals surface area contributed by atoms with Crippen molar-refractivity contribution >= 4 is 17.1 Å². The van der Waals surface area contributed by atoms with Gasteiger partial charge in [-0.25, -0.2) is 9.18 Å². The number of hydrogen-bond donors (Lipinski definition) is 1. The Balaban J connectivity index is 1.53. The van der Waals surface area contributed by atoms with Crippen LogP contribution in [0.4, 0.5) is 22.4 Å². The van der Waals surface area contributed by atoms with Crippen LogP contribution in [0.5, 0.6) is 5.75 Å². The summed E-state index contributed by atoms with van der Waals surface area (Å²) in [5.41, 5.74) is -0.0724. The highest BCUT2D eigenvalue weighted by Gasteiger charge is 2.34. The van der Waals surface area contributed by atoms with Gasteiger partial charge < -0.3 is 19.4 Å². The van der Waals surface area contributed by atoms with Crippen LogP contribution in [0.2, 0.25) is 0 Å². The second kappa shape index (κ2) is 10.4. The second-order valence-corrected chi connectivity index (χ2v) is 10.6. The minimum absolute atomic E-state index is 0.143. The van der Waals surface area contributed by atoms with E-state index in [1.165, 1.54) is 18.6 Å². The molecule has 3 aromatic heterocycles. The number of nitrogens with one attached hydrogen (secondary N) is 1. The number of H-pyrrole nitrogens is 1. The molecule has 0 saturated carbocycles. The van der Waals surface area contributed by atoms with E-state index in [-0.39, 0.29) is 23.8 Å². The van der Waals surface area contributed by atoms with Crippen LogP contribution in [0.1, 0.15) is 39.2 Å². The number of benzene rings is 1. The SMILES string of the molecule is CC(C)(C)OC(=O)N1CCC[C@H]1COc1cnccc1-c1[nH]c2cccnc2c1-c1cc(C(F)(F)F)ccc1F. The zero-order valence-electron chi connectivity index (χ0n) is 22.2. The molecule has 4 aromatic rings. The topological polar surface area (TPSA) is 80.3 Å². The van der Waals surface area contributed by atoms with Gasteiger partial charge in [-0.2, -0.15) is 13.2 Å². The number of pyridine rings is 2. The molecule has 0 unspecified atom stereocenters. The van der Waals surface area contributed by atoms with E-state index < -0.39 is 29.3 Å². The summed E-state index contributed by atoms with van der Waals surface area (Å²) in [5.74, 6) is -0.505. The maximum Gasteiger partial charge on any atom is 0.416 e. The lowest BCUT2D eigenvalue weighted by Crippen LogP contribution is -2.42. The zero-order valence-corrected chi connectivity index (χ0v) is 22.2. The Morgan fingerprint density at radius 1 is 1.12 bits per heavy atom. The van der Waals surface area contributed by atoms with E-state index in [0.717, 1.165) is 18.6 Å². The Hall–Kier alpha value is -4.15. The van der Waals surface area contributed by atoms with Crippen molar-refractivity contribution in [2.24, 2.45) is 0 Å². The van der Waals surface area contributed by atoms with Crippen molar-refractivity contribution in [1.29, 1.82) is 0 Å². The third-order valence-electron chi connectivity index (χ3n) is 6.61. The lowest BCUT2D eigenvalue weighted by molar-refractivity contribution is -0.137. The molecule has 1 aromatic carbocycles. The van der Waals surface area contributed by atoms with Gasteiger partial charge in [0.25, 0.3) is 0 Å². The number of amides is 1. The summed E-state index contributed by atoms with van der Waals surface area (Å²) in [5, 5.41) is 0. The van der Waals surface area contributed by atoms with Crippen molar-refractivity contribution in [2.45, 2.75) is 51.4 Å². The number of carbonyl (C=O) groups excluding carboxylic acids is 1. The smallest absolute Gasteiger partial charge is 0.416 e. The Morgan fingerprint density at radius 2 is 1.93 bits per heavy atom. The predicted molar refractivity (Wildman–Crippen MR) is 141 cm³/mol. The Labute approximate surface area is 228 Å². The molecule has 1 aliphatic heterocycles. The van der Waals surface area contributed by atoms with Gasteiger partial charge in [0.1, 0.15) is 23.8 Å². The first-order chi connectivity index (χ1) is 18.9. The number of aromatic amines is 1. The van der Waals surface area contributed by atoms with E-state index >= 15 is 4.39 Å². The molecule has 1 N–H and O–H groups in total. The lowest BCUT2D eigenvalue weighted by Gasteiger charge is -2.28. The number of likely N-dealkylation sites (tertiary alicyclic amines) is 1. The molecule has 1 amide bonds. The zero-order chi connectivity index (χ0) is 28.7. The fourth-order valence-electron chi connectivity index (χ4n) is 4.84. The second-order valence-electron chi connectivity index (χ2n) is 10.6. The molecule has 1 atom stereocenters. The van der Waals surface area contributed by atoms with E-state index in [1.54, 1.807) is 43.9 Å². The molecule has 0 radical (unpaired) electrons. The summed E-state index contributed by atoms with van der Waals surface area (Å²) in [6.45, 7) is 6.08. The first kappa shape index (κ1) is 27.4. The summed E-state index contributed by atoms with van der Waals surface area (Å²) >= 11 is 0. The number of rotatable bonds is 5. The molecule has 5 rings (SSSR count). The molecule has 1 fully saturated rings. The minimum atomic E-state index is -4.66. The first-order valence-corrected chi connectivity index (χ1v) is 12.8. The maximum atomic E-state index is 15.1. The van der Waals surface area contributed by atoms with Crippen molar-refractivity contribution < 1.29 is 31.8 Å². The highest BCUT2D eigenvalue weighted by atomic mass is 19.4. The normalized spacial score (nSPS) is 16.0. The molecule has 0 spiro atoms. The summed E-state index contributed by atoms with van der Waals surface area (Å²) in [6.07, 6.45) is 0.905. The molecule has 7 nitrogen and oxygen atoms in total.